The van der Waals surface area contributed by atoms with Gasteiger partial charge in [0.15, 0.2) is 6.61 Å². The van der Waals surface area contributed by atoms with Gasteiger partial charge in [0.05, 0.1) is 5.56 Å². The molecule has 4 nitrogen and oxygen atoms in total. The molecule has 1 aromatic carbocycles. The number of amides is 1. The summed E-state index contributed by atoms with van der Waals surface area (Å²) in [6.45, 7) is 3.79. The molecule has 0 saturated heterocycles. The van der Waals surface area contributed by atoms with Crippen LogP contribution in [0.4, 0.5) is 13.2 Å². The number of carbonyl (C=O) groups excluding carboxylic acids is 1. The minimum atomic E-state index is -4.44. The SMILES string of the molecule is CCC(N)(CC)CNC(=O)COc1cccc(C(F)(F)F)c1. The van der Waals surface area contributed by atoms with Gasteiger partial charge in [-0.15, -0.1) is 0 Å². The Kier molecular flexibility index (Phi) is 6.22. The van der Waals surface area contributed by atoms with Crippen LogP contribution in [0.5, 0.6) is 5.75 Å². The highest BCUT2D eigenvalue weighted by atomic mass is 19.4. The third-order valence-electron chi connectivity index (χ3n) is 3.58. The van der Waals surface area contributed by atoms with Gasteiger partial charge in [-0.25, -0.2) is 0 Å². The lowest BCUT2D eigenvalue weighted by Crippen LogP contribution is -2.50. The summed E-state index contributed by atoms with van der Waals surface area (Å²) in [5.41, 5.74) is 4.74. The summed E-state index contributed by atoms with van der Waals surface area (Å²) >= 11 is 0. The average molecular weight is 318 g/mol. The van der Waals surface area contributed by atoms with Crippen molar-refractivity contribution in [1.29, 1.82) is 0 Å². The predicted molar refractivity (Wildman–Crippen MR) is 77.4 cm³/mol. The van der Waals surface area contributed by atoms with Gasteiger partial charge in [0, 0.05) is 12.1 Å². The number of hydrogen-bond acceptors (Lipinski definition) is 3. The van der Waals surface area contributed by atoms with E-state index in [1.165, 1.54) is 12.1 Å². The fourth-order valence-corrected chi connectivity index (χ4v) is 1.74. The molecule has 0 atom stereocenters. The molecule has 0 unspecified atom stereocenters. The van der Waals surface area contributed by atoms with Gasteiger partial charge in [0.2, 0.25) is 0 Å². The molecular weight excluding hydrogens is 297 g/mol. The molecule has 22 heavy (non-hydrogen) atoms. The maximum Gasteiger partial charge on any atom is 0.416 e. The first-order valence-electron chi connectivity index (χ1n) is 7.06. The monoisotopic (exact) mass is 318 g/mol. The number of benzene rings is 1. The zero-order valence-corrected chi connectivity index (χ0v) is 12.7. The summed E-state index contributed by atoms with van der Waals surface area (Å²) in [4.78, 5) is 11.7. The van der Waals surface area contributed by atoms with E-state index in [0.717, 1.165) is 12.1 Å². The maximum absolute atomic E-state index is 12.5. The number of alkyl halides is 3. The van der Waals surface area contributed by atoms with Crippen molar-refractivity contribution in [2.75, 3.05) is 13.2 Å². The van der Waals surface area contributed by atoms with Gasteiger partial charge in [-0.1, -0.05) is 19.9 Å². The van der Waals surface area contributed by atoms with Gasteiger partial charge in [-0.05, 0) is 31.0 Å². The van der Waals surface area contributed by atoms with E-state index in [0.29, 0.717) is 19.4 Å². The zero-order valence-electron chi connectivity index (χ0n) is 12.7. The normalized spacial score (nSPS) is 12.1. The Labute approximate surface area is 127 Å². The number of halogens is 3. The topological polar surface area (TPSA) is 64.3 Å². The molecule has 0 bridgehead atoms. The van der Waals surface area contributed by atoms with Crippen LogP contribution >= 0.6 is 0 Å². The van der Waals surface area contributed by atoms with E-state index < -0.39 is 23.2 Å². The molecule has 0 radical (unpaired) electrons. The van der Waals surface area contributed by atoms with Crippen LogP contribution in [-0.4, -0.2) is 24.6 Å². The second-order valence-electron chi connectivity index (χ2n) is 5.16. The van der Waals surface area contributed by atoms with Gasteiger partial charge in [-0.3, -0.25) is 4.79 Å². The van der Waals surface area contributed by atoms with Crippen LogP contribution in [-0.2, 0) is 11.0 Å². The van der Waals surface area contributed by atoms with Gasteiger partial charge < -0.3 is 15.8 Å². The molecule has 0 aliphatic rings. The first-order valence-corrected chi connectivity index (χ1v) is 7.06. The lowest BCUT2D eigenvalue weighted by molar-refractivity contribution is -0.137. The smallest absolute Gasteiger partial charge is 0.416 e. The molecule has 0 saturated carbocycles. The minimum Gasteiger partial charge on any atom is -0.484 e. The molecule has 7 heteroatoms. The number of rotatable bonds is 7. The van der Waals surface area contributed by atoms with Crippen LogP contribution in [0.2, 0.25) is 0 Å². The van der Waals surface area contributed by atoms with Gasteiger partial charge in [0.1, 0.15) is 5.75 Å². The Morgan fingerprint density at radius 1 is 1.27 bits per heavy atom. The molecule has 1 aromatic rings. The molecule has 124 valence electrons. The number of carbonyl (C=O) groups is 1. The number of nitrogens with two attached hydrogens (primary N) is 1. The van der Waals surface area contributed by atoms with Crippen LogP contribution in [0.25, 0.3) is 0 Å². The van der Waals surface area contributed by atoms with Crippen LogP contribution in [0.3, 0.4) is 0 Å². The highest BCUT2D eigenvalue weighted by Gasteiger charge is 2.30. The molecular formula is C15H21F3N2O2. The molecule has 0 fully saturated rings. The second-order valence-corrected chi connectivity index (χ2v) is 5.16. The van der Waals surface area contributed by atoms with Crippen molar-refractivity contribution in [3.63, 3.8) is 0 Å². The van der Waals surface area contributed by atoms with Gasteiger partial charge in [-0.2, -0.15) is 13.2 Å². The maximum atomic E-state index is 12.5. The summed E-state index contributed by atoms with van der Waals surface area (Å²) in [7, 11) is 0. The standard InChI is InChI=1S/C15H21F3N2O2/c1-3-14(19,4-2)10-20-13(21)9-22-12-7-5-6-11(8-12)15(16,17)18/h5-8H,3-4,9-10,19H2,1-2H3,(H,20,21). The Balaban J connectivity index is 2.51. The molecule has 1 rings (SSSR count). The van der Waals surface area contributed by atoms with Crippen molar-refractivity contribution >= 4 is 5.91 Å². The summed E-state index contributed by atoms with van der Waals surface area (Å²) in [6.07, 6.45) is -3.03. The molecule has 0 aliphatic heterocycles. The van der Waals surface area contributed by atoms with E-state index in [1.54, 1.807) is 0 Å². The van der Waals surface area contributed by atoms with Crippen molar-refractivity contribution in [3.8, 4) is 5.75 Å². The lowest BCUT2D eigenvalue weighted by atomic mass is 9.94. The van der Waals surface area contributed by atoms with E-state index >= 15 is 0 Å². The zero-order chi connectivity index (χ0) is 16.8. The minimum absolute atomic E-state index is 0.00466. The quantitative estimate of drug-likeness (QED) is 0.812. The highest BCUT2D eigenvalue weighted by Crippen LogP contribution is 2.31. The first kappa shape index (κ1) is 18.3. The van der Waals surface area contributed by atoms with E-state index in [1.807, 2.05) is 13.8 Å². The largest absolute Gasteiger partial charge is 0.484 e. The van der Waals surface area contributed by atoms with E-state index in [4.69, 9.17) is 10.5 Å². The summed E-state index contributed by atoms with van der Waals surface area (Å²) < 4.78 is 42.7. The van der Waals surface area contributed by atoms with Crippen LogP contribution in [0.15, 0.2) is 24.3 Å². The Hall–Kier alpha value is -1.76. The number of ether oxygens (including phenoxy) is 1. The Morgan fingerprint density at radius 2 is 1.91 bits per heavy atom. The fourth-order valence-electron chi connectivity index (χ4n) is 1.74. The van der Waals surface area contributed by atoms with Crippen molar-refractivity contribution in [2.24, 2.45) is 5.73 Å². The van der Waals surface area contributed by atoms with Gasteiger partial charge in [0.25, 0.3) is 5.91 Å². The van der Waals surface area contributed by atoms with E-state index in [9.17, 15) is 18.0 Å². The Morgan fingerprint density at radius 3 is 2.45 bits per heavy atom. The second kappa shape index (κ2) is 7.49. The molecule has 0 spiro atoms. The van der Waals surface area contributed by atoms with E-state index in [2.05, 4.69) is 5.32 Å². The number of hydrogen-bond donors (Lipinski definition) is 2. The van der Waals surface area contributed by atoms with Crippen LogP contribution < -0.4 is 15.8 Å². The number of nitrogens with one attached hydrogen (secondary N) is 1. The van der Waals surface area contributed by atoms with Crippen molar-refractivity contribution in [3.05, 3.63) is 29.8 Å². The lowest BCUT2D eigenvalue weighted by Gasteiger charge is -2.26. The van der Waals surface area contributed by atoms with Crippen molar-refractivity contribution in [1.82, 2.24) is 5.32 Å². The van der Waals surface area contributed by atoms with Crippen molar-refractivity contribution in [2.45, 2.75) is 38.4 Å². The fraction of sp³-hybridized carbons (Fsp3) is 0.533. The van der Waals surface area contributed by atoms with Crippen LogP contribution in [0.1, 0.15) is 32.3 Å². The predicted octanol–water partition coefficient (Wildman–Crippen LogP) is 2.72. The Bertz CT molecular complexity index is 500. The van der Waals surface area contributed by atoms with E-state index in [-0.39, 0.29) is 12.4 Å². The molecule has 0 aromatic heterocycles. The summed E-state index contributed by atoms with van der Waals surface area (Å²) in [5.74, 6) is -0.427. The van der Waals surface area contributed by atoms with Crippen molar-refractivity contribution < 1.29 is 22.7 Å². The van der Waals surface area contributed by atoms with Crippen LogP contribution in [0, 0.1) is 0 Å². The van der Waals surface area contributed by atoms with Gasteiger partial charge >= 0.3 is 6.18 Å². The molecule has 0 aliphatic carbocycles. The average Bonchev–Trinajstić information content (AvgIpc) is 2.50. The molecule has 0 heterocycles. The third kappa shape index (κ3) is 5.55. The first-order chi connectivity index (χ1) is 10.2. The summed E-state index contributed by atoms with van der Waals surface area (Å²) in [6, 6.07) is 4.40. The third-order valence-corrected chi connectivity index (χ3v) is 3.58. The molecule has 1 amide bonds. The molecule has 3 N–H and O–H groups in total. The summed E-state index contributed by atoms with van der Waals surface area (Å²) in [5, 5.41) is 2.63. The highest BCUT2D eigenvalue weighted by molar-refractivity contribution is 5.77.